The van der Waals surface area contributed by atoms with Crippen LogP contribution in [0.3, 0.4) is 0 Å². The third-order valence-electron chi connectivity index (χ3n) is 5.38. The number of amides is 1. The SMILES string of the molecule is Cc1cc(-c2cccnc2)nc2c(C(=O)NC(C)C(C)C3CC3)ncn12. The van der Waals surface area contributed by atoms with E-state index in [2.05, 4.69) is 34.1 Å². The second-order valence-electron chi connectivity index (χ2n) is 7.27. The molecule has 4 rings (SSSR count). The lowest BCUT2D eigenvalue weighted by molar-refractivity contribution is 0.0922. The van der Waals surface area contributed by atoms with Crippen LogP contribution in [0.15, 0.2) is 36.9 Å². The van der Waals surface area contributed by atoms with Gasteiger partial charge in [0.1, 0.15) is 6.33 Å². The lowest BCUT2D eigenvalue weighted by atomic mass is 9.98. The fraction of sp³-hybridized carbons (Fsp3) is 0.400. The standard InChI is InChI=1S/C20H23N5O/c1-12-9-17(16-5-4-8-21-10-16)24-19-18(22-11-25(12)19)20(26)23-14(3)13(2)15-6-7-15/h4-5,8-11,13-15H,6-7H2,1-3H3,(H,23,26). The molecule has 0 aromatic carbocycles. The first-order valence-corrected chi connectivity index (χ1v) is 9.10. The highest BCUT2D eigenvalue weighted by atomic mass is 16.2. The van der Waals surface area contributed by atoms with Gasteiger partial charge in [0.25, 0.3) is 5.91 Å². The van der Waals surface area contributed by atoms with Crippen molar-refractivity contribution in [1.82, 2.24) is 24.7 Å². The minimum absolute atomic E-state index is 0.120. The van der Waals surface area contributed by atoms with E-state index in [0.717, 1.165) is 22.9 Å². The van der Waals surface area contributed by atoms with Crippen molar-refractivity contribution in [1.29, 1.82) is 0 Å². The van der Waals surface area contributed by atoms with E-state index in [0.29, 0.717) is 17.3 Å². The molecule has 0 spiro atoms. The van der Waals surface area contributed by atoms with Gasteiger partial charge in [0.05, 0.1) is 5.69 Å². The van der Waals surface area contributed by atoms with Gasteiger partial charge in [0, 0.05) is 29.7 Å². The molecule has 6 nitrogen and oxygen atoms in total. The molecule has 0 saturated heterocycles. The first-order valence-electron chi connectivity index (χ1n) is 9.10. The molecule has 3 aromatic heterocycles. The molecule has 6 heteroatoms. The number of aromatic nitrogens is 4. The molecule has 0 radical (unpaired) electrons. The molecule has 3 heterocycles. The van der Waals surface area contributed by atoms with Crippen molar-refractivity contribution in [3.8, 4) is 11.3 Å². The zero-order valence-corrected chi connectivity index (χ0v) is 15.3. The molecule has 1 fully saturated rings. The van der Waals surface area contributed by atoms with Crippen molar-refractivity contribution in [3.63, 3.8) is 0 Å². The maximum Gasteiger partial charge on any atom is 0.274 e. The Kier molecular flexibility index (Phi) is 4.18. The van der Waals surface area contributed by atoms with E-state index in [9.17, 15) is 4.79 Å². The van der Waals surface area contributed by atoms with Crippen LogP contribution in [0.2, 0.25) is 0 Å². The number of hydrogen-bond acceptors (Lipinski definition) is 4. The van der Waals surface area contributed by atoms with E-state index in [-0.39, 0.29) is 11.9 Å². The maximum atomic E-state index is 12.8. The molecule has 0 bridgehead atoms. The van der Waals surface area contributed by atoms with Crippen LogP contribution in [0.25, 0.3) is 16.9 Å². The first kappa shape index (κ1) is 16.7. The summed E-state index contributed by atoms with van der Waals surface area (Å²) < 4.78 is 1.85. The fourth-order valence-electron chi connectivity index (χ4n) is 3.38. The summed E-state index contributed by atoms with van der Waals surface area (Å²) >= 11 is 0. The molecule has 1 aliphatic rings. The number of aryl methyl sites for hydroxylation is 1. The quantitative estimate of drug-likeness (QED) is 0.767. The van der Waals surface area contributed by atoms with Crippen LogP contribution >= 0.6 is 0 Å². The van der Waals surface area contributed by atoms with Gasteiger partial charge in [-0.25, -0.2) is 9.97 Å². The molecule has 2 unspecified atom stereocenters. The summed E-state index contributed by atoms with van der Waals surface area (Å²) in [5, 5.41) is 3.11. The molecule has 134 valence electrons. The summed E-state index contributed by atoms with van der Waals surface area (Å²) in [7, 11) is 0. The molecule has 1 amide bonds. The van der Waals surface area contributed by atoms with Gasteiger partial charge >= 0.3 is 0 Å². The highest BCUT2D eigenvalue weighted by Crippen LogP contribution is 2.38. The number of nitrogens with zero attached hydrogens (tertiary/aromatic N) is 4. The minimum atomic E-state index is -0.164. The molecule has 1 N–H and O–H groups in total. The van der Waals surface area contributed by atoms with Crippen LogP contribution in [-0.4, -0.2) is 31.3 Å². The van der Waals surface area contributed by atoms with Crippen molar-refractivity contribution in [3.05, 3.63) is 48.3 Å². The van der Waals surface area contributed by atoms with Gasteiger partial charge in [-0.05, 0) is 56.7 Å². The number of rotatable bonds is 5. The average Bonchev–Trinajstić information content (AvgIpc) is 3.40. The Hall–Kier alpha value is -2.76. The van der Waals surface area contributed by atoms with Gasteiger partial charge in [-0.15, -0.1) is 0 Å². The first-order chi connectivity index (χ1) is 12.5. The fourth-order valence-corrected chi connectivity index (χ4v) is 3.38. The Bertz CT molecular complexity index is 945. The van der Waals surface area contributed by atoms with Gasteiger partial charge in [0.2, 0.25) is 0 Å². The number of fused-ring (bicyclic) bond motifs is 1. The van der Waals surface area contributed by atoms with Crippen molar-refractivity contribution in [2.24, 2.45) is 11.8 Å². The van der Waals surface area contributed by atoms with Crippen LogP contribution in [0, 0.1) is 18.8 Å². The smallest absolute Gasteiger partial charge is 0.274 e. The average molecular weight is 349 g/mol. The summed E-state index contributed by atoms with van der Waals surface area (Å²) in [6, 6.07) is 5.93. The largest absolute Gasteiger partial charge is 0.348 e. The van der Waals surface area contributed by atoms with Crippen molar-refractivity contribution < 1.29 is 4.79 Å². The van der Waals surface area contributed by atoms with Crippen LogP contribution < -0.4 is 5.32 Å². The van der Waals surface area contributed by atoms with Crippen molar-refractivity contribution in [2.45, 2.75) is 39.7 Å². The van der Waals surface area contributed by atoms with Crippen LogP contribution in [0.5, 0.6) is 0 Å². The van der Waals surface area contributed by atoms with E-state index >= 15 is 0 Å². The van der Waals surface area contributed by atoms with Gasteiger partial charge in [0.15, 0.2) is 11.3 Å². The summed E-state index contributed by atoms with van der Waals surface area (Å²) in [6.07, 6.45) is 7.70. The zero-order valence-electron chi connectivity index (χ0n) is 15.3. The topological polar surface area (TPSA) is 72.2 Å². The Morgan fingerprint density at radius 1 is 1.35 bits per heavy atom. The molecule has 0 aliphatic heterocycles. The number of pyridine rings is 1. The predicted molar refractivity (Wildman–Crippen MR) is 99.8 cm³/mol. The molecule has 1 aliphatic carbocycles. The molecule has 2 atom stereocenters. The second kappa shape index (κ2) is 6.52. The number of nitrogens with one attached hydrogen (secondary N) is 1. The summed E-state index contributed by atoms with van der Waals surface area (Å²) in [4.78, 5) is 26.0. The van der Waals surface area contributed by atoms with E-state index < -0.39 is 0 Å². The highest BCUT2D eigenvalue weighted by molar-refractivity contribution is 5.98. The Balaban J connectivity index is 1.67. The third-order valence-corrected chi connectivity index (χ3v) is 5.38. The molecular formula is C20H23N5O. The summed E-state index contributed by atoms with van der Waals surface area (Å²) in [6.45, 7) is 6.26. The predicted octanol–water partition coefficient (Wildman–Crippen LogP) is 3.26. The van der Waals surface area contributed by atoms with Crippen LogP contribution in [-0.2, 0) is 0 Å². The normalized spacial score (nSPS) is 16.4. The Labute approximate surface area is 152 Å². The van der Waals surface area contributed by atoms with E-state index in [4.69, 9.17) is 0 Å². The molecule has 1 saturated carbocycles. The van der Waals surface area contributed by atoms with E-state index in [1.807, 2.05) is 29.5 Å². The molecular weight excluding hydrogens is 326 g/mol. The van der Waals surface area contributed by atoms with Crippen LogP contribution in [0.4, 0.5) is 0 Å². The van der Waals surface area contributed by atoms with E-state index in [1.54, 1.807) is 18.7 Å². The second-order valence-corrected chi connectivity index (χ2v) is 7.27. The van der Waals surface area contributed by atoms with Crippen LogP contribution in [0.1, 0.15) is 42.9 Å². The lowest BCUT2D eigenvalue weighted by Crippen LogP contribution is -2.38. The number of carbonyl (C=O) groups excluding carboxylic acids is 1. The van der Waals surface area contributed by atoms with Crippen molar-refractivity contribution >= 4 is 11.6 Å². The highest BCUT2D eigenvalue weighted by Gasteiger charge is 2.32. The zero-order chi connectivity index (χ0) is 18.3. The van der Waals surface area contributed by atoms with E-state index in [1.165, 1.54) is 12.8 Å². The van der Waals surface area contributed by atoms with Crippen molar-refractivity contribution in [2.75, 3.05) is 0 Å². The Morgan fingerprint density at radius 2 is 2.15 bits per heavy atom. The lowest BCUT2D eigenvalue weighted by Gasteiger charge is -2.20. The maximum absolute atomic E-state index is 12.8. The minimum Gasteiger partial charge on any atom is -0.348 e. The summed E-state index contributed by atoms with van der Waals surface area (Å²) in [5.74, 6) is 1.05. The van der Waals surface area contributed by atoms with Gasteiger partial charge < -0.3 is 5.32 Å². The number of hydrogen-bond donors (Lipinski definition) is 1. The summed E-state index contributed by atoms with van der Waals surface area (Å²) in [5.41, 5.74) is 3.62. The third kappa shape index (κ3) is 3.07. The van der Waals surface area contributed by atoms with Gasteiger partial charge in [-0.3, -0.25) is 14.2 Å². The van der Waals surface area contributed by atoms with Gasteiger partial charge in [-0.1, -0.05) is 6.92 Å². The Morgan fingerprint density at radius 3 is 2.85 bits per heavy atom. The number of imidazole rings is 1. The molecule has 3 aromatic rings. The van der Waals surface area contributed by atoms with Gasteiger partial charge in [-0.2, -0.15) is 0 Å². The monoisotopic (exact) mass is 349 g/mol. The number of carbonyl (C=O) groups is 1. The molecule has 26 heavy (non-hydrogen) atoms.